The number of halogens is 2. The van der Waals surface area contributed by atoms with Gasteiger partial charge >= 0.3 is 0 Å². The van der Waals surface area contributed by atoms with E-state index in [2.05, 4.69) is 4.98 Å². The molecule has 0 spiro atoms. The van der Waals surface area contributed by atoms with Crippen LogP contribution in [0.15, 0.2) is 30.5 Å². The van der Waals surface area contributed by atoms with Crippen LogP contribution in [0, 0.1) is 0 Å². The number of carbonyl (C=O) groups is 2. The van der Waals surface area contributed by atoms with Crippen molar-refractivity contribution in [1.82, 2.24) is 4.98 Å². The fourth-order valence-electron chi connectivity index (χ4n) is 3.65. The number of benzene rings is 1. The highest BCUT2D eigenvalue weighted by molar-refractivity contribution is 6.35. The molecule has 0 unspecified atom stereocenters. The molecule has 29 heavy (non-hydrogen) atoms. The quantitative estimate of drug-likeness (QED) is 0.588. The summed E-state index contributed by atoms with van der Waals surface area (Å²) in [6, 6.07) is 6.86. The first kappa shape index (κ1) is 21.8. The zero-order valence-corrected chi connectivity index (χ0v) is 18.5. The Labute approximate surface area is 180 Å². The number of Topliss-reactive ketones (excluding diaryl/α,β-unsaturated/α-hetero) is 2. The Morgan fingerprint density at radius 3 is 2.24 bits per heavy atom. The lowest BCUT2D eigenvalue weighted by Crippen LogP contribution is -2.58. The SMILES string of the molecule is CCc1ccc(Oc2ncc(Cl)cc2Cl)cc1C1C(=O)C(C)(C)OC(C)(C)C1=O. The number of ether oxygens (including phenoxy) is 2. The van der Waals surface area contributed by atoms with Crippen molar-refractivity contribution in [2.45, 2.75) is 58.2 Å². The number of carbonyl (C=O) groups excluding carboxylic acids is 2. The molecule has 2 aromatic rings. The van der Waals surface area contributed by atoms with E-state index in [1.54, 1.807) is 39.8 Å². The Bertz CT molecular complexity index is 959. The van der Waals surface area contributed by atoms with Crippen molar-refractivity contribution in [3.8, 4) is 11.6 Å². The molecule has 3 rings (SSSR count). The second-order valence-electron chi connectivity index (χ2n) is 8.04. The monoisotopic (exact) mass is 435 g/mol. The molecule has 0 saturated carbocycles. The van der Waals surface area contributed by atoms with E-state index in [9.17, 15) is 9.59 Å². The molecule has 1 aliphatic heterocycles. The number of ketones is 2. The first-order chi connectivity index (χ1) is 13.5. The third-order valence-corrected chi connectivity index (χ3v) is 5.50. The molecule has 1 aliphatic rings. The summed E-state index contributed by atoms with van der Waals surface area (Å²) in [5.41, 5.74) is -0.641. The summed E-state index contributed by atoms with van der Waals surface area (Å²) >= 11 is 12.0. The third kappa shape index (κ3) is 4.18. The van der Waals surface area contributed by atoms with Crippen molar-refractivity contribution in [1.29, 1.82) is 0 Å². The molecule has 0 bridgehead atoms. The molecule has 5 nitrogen and oxygen atoms in total. The fraction of sp³-hybridized carbons (Fsp3) is 0.409. The van der Waals surface area contributed by atoms with Crippen LogP contribution in [0.4, 0.5) is 0 Å². The Hall–Kier alpha value is -1.95. The number of hydrogen-bond acceptors (Lipinski definition) is 5. The van der Waals surface area contributed by atoms with E-state index in [-0.39, 0.29) is 22.5 Å². The van der Waals surface area contributed by atoms with Crippen LogP contribution in [0.2, 0.25) is 10.0 Å². The van der Waals surface area contributed by atoms with Crippen LogP contribution in [0.25, 0.3) is 0 Å². The van der Waals surface area contributed by atoms with Crippen LogP contribution in [0.5, 0.6) is 11.6 Å². The molecule has 1 aromatic heterocycles. The van der Waals surface area contributed by atoms with E-state index >= 15 is 0 Å². The van der Waals surface area contributed by atoms with Gasteiger partial charge in [0.2, 0.25) is 5.88 Å². The number of aromatic nitrogens is 1. The topological polar surface area (TPSA) is 65.5 Å². The van der Waals surface area contributed by atoms with Crippen molar-refractivity contribution < 1.29 is 19.1 Å². The molecule has 0 aliphatic carbocycles. The largest absolute Gasteiger partial charge is 0.438 e. The minimum absolute atomic E-state index is 0.191. The molecule has 0 atom stereocenters. The van der Waals surface area contributed by atoms with E-state index in [1.165, 1.54) is 12.3 Å². The molecule has 154 valence electrons. The molecule has 0 N–H and O–H groups in total. The predicted molar refractivity (Wildman–Crippen MR) is 112 cm³/mol. The minimum Gasteiger partial charge on any atom is -0.438 e. The summed E-state index contributed by atoms with van der Waals surface area (Å²) in [6.45, 7) is 8.75. The van der Waals surface area contributed by atoms with Crippen molar-refractivity contribution in [3.05, 3.63) is 51.6 Å². The van der Waals surface area contributed by atoms with Gasteiger partial charge in [0.25, 0.3) is 0 Å². The Balaban J connectivity index is 2.07. The number of rotatable bonds is 4. The summed E-state index contributed by atoms with van der Waals surface area (Å²) in [7, 11) is 0. The van der Waals surface area contributed by atoms with E-state index < -0.39 is 17.1 Å². The summed E-state index contributed by atoms with van der Waals surface area (Å²) in [5.74, 6) is -0.846. The zero-order chi connectivity index (χ0) is 21.6. The minimum atomic E-state index is -1.08. The van der Waals surface area contributed by atoms with Gasteiger partial charge in [0.1, 0.15) is 27.9 Å². The van der Waals surface area contributed by atoms with Gasteiger partial charge in [-0.1, -0.05) is 36.2 Å². The van der Waals surface area contributed by atoms with Crippen molar-refractivity contribution >= 4 is 34.8 Å². The van der Waals surface area contributed by atoms with Gasteiger partial charge in [-0.2, -0.15) is 0 Å². The Kier molecular flexibility index (Phi) is 5.78. The smallest absolute Gasteiger partial charge is 0.238 e. The molecule has 7 heteroatoms. The average Bonchev–Trinajstić information content (AvgIpc) is 2.62. The highest BCUT2D eigenvalue weighted by atomic mass is 35.5. The molecule has 1 aromatic carbocycles. The molecule has 0 amide bonds. The van der Waals surface area contributed by atoms with Crippen molar-refractivity contribution in [2.75, 3.05) is 0 Å². The zero-order valence-electron chi connectivity index (χ0n) is 17.0. The maximum absolute atomic E-state index is 13.1. The standard InChI is InChI=1S/C22H23Cl2NO4/c1-6-12-7-8-14(28-20-16(24)9-13(23)11-25-20)10-15(12)17-18(26)21(2,3)29-22(4,5)19(17)27/h7-11,17H,6H2,1-5H3. The molecular formula is C22H23Cl2NO4. The summed E-state index contributed by atoms with van der Waals surface area (Å²) in [5, 5.41) is 0.659. The van der Waals surface area contributed by atoms with Gasteiger partial charge in [-0.05, 0) is 63.4 Å². The van der Waals surface area contributed by atoms with E-state index in [1.807, 2.05) is 13.0 Å². The molecule has 1 fully saturated rings. The number of pyridine rings is 1. The first-order valence-corrected chi connectivity index (χ1v) is 10.1. The van der Waals surface area contributed by atoms with Crippen LogP contribution in [-0.4, -0.2) is 27.8 Å². The van der Waals surface area contributed by atoms with Gasteiger partial charge in [0, 0.05) is 6.20 Å². The van der Waals surface area contributed by atoms with E-state index in [4.69, 9.17) is 32.7 Å². The number of hydrogen-bond donors (Lipinski definition) is 0. The van der Waals surface area contributed by atoms with Crippen LogP contribution < -0.4 is 4.74 Å². The maximum Gasteiger partial charge on any atom is 0.238 e. The van der Waals surface area contributed by atoms with Gasteiger partial charge in [-0.3, -0.25) is 9.59 Å². The van der Waals surface area contributed by atoms with Crippen molar-refractivity contribution in [2.24, 2.45) is 0 Å². The van der Waals surface area contributed by atoms with Crippen molar-refractivity contribution in [3.63, 3.8) is 0 Å². The van der Waals surface area contributed by atoms with Crippen LogP contribution in [0.1, 0.15) is 51.7 Å². The molecular weight excluding hydrogens is 413 g/mol. The lowest BCUT2D eigenvalue weighted by Gasteiger charge is -2.43. The van der Waals surface area contributed by atoms with Crippen LogP contribution >= 0.6 is 23.2 Å². The summed E-state index contributed by atoms with van der Waals surface area (Å²) < 4.78 is 11.6. The number of nitrogens with zero attached hydrogens (tertiary/aromatic N) is 1. The second kappa shape index (κ2) is 7.71. The molecule has 0 radical (unpaired) electrons. The lowest BCUT2D eigenvalue weighted by atomic mass is 9.73. The first-order valence-electron chi connectivity index (χ1n) is 9.37. The summed E-state index contributed by atoms with van der Waals surface area (Å²) in [4.78, 5) is 30.4. The Morgan fingerprint density at radius 1 is 1.07 bits per heavy atom. The van der Waals surface area contributed by atoms with E-state index in [0.717, 1.165) is 5.56 Å². The van der Waals surface area contributed by atoms with Gasteiger partial charge in [-0.15, -0.1) is 0 Å². The van der Waals surface area contributed by atoms with Crippen LogP contribution in [-0.2, 0) is 20.7 Å². The van der Waals surface area contributed by atoms with Crippen LogP contribution in [0.3, 0.4) is 0 Å². The normalized spacial score (nSPS) is 18.7. The highest BCUT2D eigenvalue weighted by Crippen LogP contribution is 2.41. The average molecular weight is 436 g/mol. The van der Waals surface area contributed by atoms with Gasteiger partial charge < -0.3 is 9.47 Å². The Morgan fingerprint density at radius 2 is 1.69 bits per heavy atom. The van der Waals surface area contributed by atoms with Gasteiger partial charge in [0.05, 0.1) is 5.02 Å². The summed E-state index contributed by atoms with van der Waals surface area (Å²) in [6.07, 6.45) is 2.09. The van der Waals surface area contributed by atoms with Gasteiger partial charge in [0.15, 0.2) is 11.6 Å². The molecule has 1 saturated heterocycles. The predicted octanol–water partition coefficient (Wildman–Crippen LogP) is 5.55. The van der Waals surface area contributed by atoms with Gasteiger partial charge in [-0.25, -0.2) is 4.98 Å². The second-order valence-corrected chi connectivity index (χ2v) is 8.88. The fourth-order valence-corrected chi connectivity index (χ4v) is 4.07. The maximum atomic E-state index is 13.1. The highest BCUT2D eigenvalue weighted by Gasteiger charge is 2.53. The number of aryl methyl sites for hydroxylation is 1. The third-order valence-electron chi connectivity index (χ3n) is 5.02. The van der Waals surface area contributed by atoms with E-state index in [0.29, 0.717) is 22.8 Å². The lowest BCUT2D eigenvalue weighted by molar-refractivity contribution is -0.184. The molecule has 2 heterocycles.